The fourth-order valence-electron chi connectivity index (χ4n) is 4.76. The highest BCUT2D eigenvalue weighted by Gasteiger charge is 2.49. The predicted molar refractivity (Wildman–Crippen MR) is 142 cm³/mol. The summed E-state index contributed by atoms with van der Waals surface area (Å²) in [6.45, 7) is 17.2. The Morgan fingerprint density at radius 3 is 2.57 bits per heavy atom. The molecule has 0 saturated carbocycles. The molecule has 0 amide bonds. The average molecular weight is 527 g/mol. The highest BCUT2D eigenvalue weighted by atomic mass is 32.2. The first-order valence-corrected chi connectivity index (χ1v) is 15.6. The van der Waals surface area contributed by atoms with Crippen molar-refractivity contribution in [2.75, 3.05) is 6.61 Å². The number of imidazole rings is 1. The van der Waals surface area contributed by atoms with Crippen LogP contribution in [0.15, 0.2) is 17.4 Å². The molecule has 2 N–H and O–H groups in total. The number of nitrogens with one attached hydrogen (secondary N) is 1. The van der Waals surface area contributed by atoms with Crippen molar-refractivity contribution in [3.63, 3.8) is 0 Å². The molecular formula is C24H42N4O5SSi. The summed E-state index contributed by atoms with van der Waals surface area (Å²) in [7, 11) is -3.13. The van der Waals surface area contributed by atoms with Gasteiger partial charge in [0.1, 0.15) is 12.3 Å². The lowest BCUT2D eigenvalue weighted by molar-refractivity contribution is -0.0734. The van der Waals surface area contributed by atoms with Crippen molar-refractivity contribution in [2.45, 2.75) is 114 Å². The molecule has 1 aliphatic rings. The number of H-pyrrole nitrogens is 1. The first kappa shape index (κ1) is 28.3. The quantitative estimate of drug-likeness (QED) is 0.392. The van der Waals surface area contributed by atoms with E-state index in [0.717, 1.165) is 6.42 Å². The summed E-state index contributed by atoms with van der Waals surface area (Å²) in [5.41, 5.74) is 0.529. The fraction of sp³-hybridized carbons (Fsp3) is 0.792. The van der Waals surface area contributed by atoms with Gasteiger partial charge in [0, 0.05) is 17.2 Å². The van der Waals surface area contributed by atoms with Crippen molar-refractivity contribution in [1.82, 2.24) is 19.5 Å². The zero-order valence-corrected chi connectivity index (χ0v) is 24.0. The molecular weight excluding hydrogens is 484 g/mol. The molecule has 35 heavy (non-hydrogen) atoms. The molecule has 11 heteroatoms. The molecule has 1 aliphatic heterocycles. The topological polar surface area (TPSA) is 111 Å². The van der Waals surface area contributed by atoms with Gasteiger partial charge < -0.3 is 23.7 Å². The smallest absolute Gasteiger partial charge is 0.341 e. The largest absolute Gasteiger partial charge is 0.410 e. The van der Waals surface area contributed by atoms with E-state index in [1.807, 2.05) is 25.6 Å². The van der Waals surface area contributed by atoms with Crippen LogP contribution in [0.25, 0.3) is 11.2 Å². The normalized spacial score (nSPS) is 24.5. The molecule has 0 aromatic carbocycles. The number of rotatable bonds is 12. The van der Waals surface area contributed by atoms with Gasteiger partial charge in [-0.15, -0.1) is 0 Å². The molecule has 3 rings (SSSR count). The molecule has 0 aliphatic carbocycles. The second-order valence-corrected chi connectivity index (χ2v) is 16.4. The van der Waals surface area contributed by atoms with Gasteiger partial charge in [0.2, 0.25) is 0 Å². The summed E-state index contributed by atoms with van der Waals surface area (Å²) in [4.78, 5) is 35.2. The van der Waals surface area contributed by atoms with Gasteiger partial charge in [0.15, 0.2) is 11.2 Å². The standard InChI is InChI=1S/C24H42N4O5SSi/c1-14(2)31-11-20-19(33-35(30,16(5)6)18(8)9-17(7)34-15(3)4)10-21(32-20)28-13-27-22-23(28)25-12-26-24(22)29/h12-21,30H,9-11H2,1-8H3,(H,25,26,29)/t17?,18?,19-,20-,21-,35?/m1/s1. The molecule has 3 unspecified atom stereocenters. The summed E-state index contributed by atoms with van der Waals surface area (Å²) in [6, 6.07) is 0. The summed E-state index contributed by atoms with van der Waals surface area (Å²) in [6.07, 6.45) is 3.29. The lowest BCUT2D eigenvalue weighted by Gasteiger charge is -2.38. The first-order valence-electron chi connectivity index (χ1n) is 12.6. The lowest BCUT2D eigenvalue weighted by Crippen LogP contribution is -2.51. The Morgan fingerprint density at radius 1 is 1.23 bits per heavy atom. The van der Waals surface area contributed by atoms with Crippen LogP contribution in [0, 0.1) is 0 Å². The molecule has 1 saturated heterocycles. The van der Waals surface area contributed by atoms with E-state index in [2.05, 4.69) is 56.5 Å². The Hall–Kier alpha value is -1.24. The molecule has 198 valence electrons. The summed E-state index contributed by atoms with van der Waals surface area (Å²) in [5, 5.41) is 0.972. The van der Waals surface area contributed by atoms with E-state index in [4.69, 9.17) is 13.9 Å². The minimum atomic E-state index is -3.13. The van der Waals surface area contributed by atoms with E-state index < -0.39 is 14.8 Å². The van der Waals surface area contributed by atoms with E-state index in [0.29, 0.717) is 29.2 Å². The van der Waals surface area contributed by atoms with Gasteiger partial charge in [0.05, 0.1) is 31.5 Å². The first-order chi connectivity index (χ1) is 16.4. The summed E-state index contributed by atoms with van der Waals surface area (Å²) < 4.78 is 20.8. The van der Waals surface area contributed by atoms with Gasteiger partial charge in [-0.3, -0.25) is 9.36 Å². The lowest BCUT2D eigenvalue weighted by atomic mass is 10.2. The van der Waals surface area contributed by atoms with E-state index in [1.54, 1.807) is 10.9 Å². The minimum Gasteiger partial charge on any atom is -0.410 e. The number of fused-ring (bicyclic) bond motifs is 1. The molecule has 0 radical (unpaired) electrons. The maximum absolute atomic E-state index is 12.1. The van der Waals surface area contributed by atoms with Gasteiger partial charge in [-0.2, -0.15) is 11.8 Å². The molecule has 0 spiro atoms. The fourth-order valence-corrected chi connectivity index (χ4v) is 9.32. The van der Waals surface area contributed by atoms with Crippen LogP contribution in [-0.2, 0) is 13.9 Å². The summed E-state index contributed by atoms with van der Waals surface area (Å²) in [5.74, 6) is 0. The number of thioether (sulfide) groups is 1. The Kier molecular flexibility index (Phi) is 9.61. The third-order valence-electron chi connectivity index (χ3n) is 6.51. The zero-order chi connectivity index (χ0) is 25.9. The van der Waals surface area contributed by atoms with Gasteiger partial charge in [-0.25, -0.2) is 9.97 Å². The molecule has 1 fully saturated rings. The van der Waals surface area contributed by atoms with Crippen LogP contribution in [0.1, 0.15) is 74.5 Å². The number of hydrogen-bond acceptors (Lipinski definition) is 8. The van der Waals surface area contributed by atoms with Crippen molar-refractivity contribution in [3.05, 3.63) is 23.0 Å². The van der Waals surface area contributed by atoms with Crippen molar-refractivity contribution >= 4 is 31.5 Å². The molecule has 3 heterocycles. The van der Waals surface area contributed by atoms with Crippen LogP contribution in [-0.4, -0.2) is 68.3 Å². The second kappa shape index (κ2) is 11.9. The van der Waals surface area contributed by atoms with Crippen molar-refractivity contribution < 1.29 is 18.7 Å². The van der Waals surface area contributed by atoms with E-state index >= 15 is 0 Å². The molecule has 0 bridgehead atoms. The second-order valence-electron chi connectivity index (χ2n) is 10.5. The predicted octanol–water partition coefficient (Wildman–Crippen LogP) is 4.37. The van der Waals surface area contributed by atoms with Gasteiger partial charge in [-0.1, -0.05) is 41.5 Å². The Labute approximate surface area is 213 Å². The number of aromatic nitrogens is 4. The van der Waals surface area contributed by atoms with E-state index in [1.165, 1.54) is 6.33 Å². The van der Waals surface area contributed by atoms with Gasteiger partial charge in [0.25, 0.3) is 5.56 Å². The summed E-state index contributed by atoms with van der Waals surface area (Å²) >= 11 is 1.93. The maximum Gasteiger partial charge on any atom is 0.341 e. The van der Waals surface area contributed by atoms with Crippen molar-refractivity contribution in [1.29, 1.82) is 0 Å². The molecule has 6 atom stereocenters. The highest BCUT2D eigenvalue weighted by molar-refractivity contribution is 8.00. The zero-order valence-electron chi connectivity index (χ0n) is 22.2. The monoisotopic (exact) mass is 526 g/mol. The van der Waals surface area contributed by atoms with Crippen LogP contribution in [0.4, 0.5) is 0 Å². The molecule has 9 nitrogen and oxygen atoms in total. The average Bonchev–Trinajstić information content (AvgIpc) is 3.36. The van der Waals surface area contributed by atoms with Crippen LogP contribution >= 0.6 is 11.8 Å². The number of ether oxygens (including phenoxy) is 2. The Balaban J connectivity index is 1.84. The molecule has 2 aromatic heterocycles. The van der Waals surface area contributed by atoms with E-state index in [9.17, 15) is 9.59 Å². The highest BCUT2D eigenvalue weighted by Crippen LogP contribution is 2.41. The number of hydrogen-bond donors (Lipinski definition) is 2. The van der Waals surface area contributed by atoms with Crippen LogP contribution < -0.4 is 5.56 Å². The van der Waals surface area contributed by atoms with Crippen LogP contribution in [0.3, 0.4) is 0 Å². The van der Waals surface area contributed by atoms with Gasteiger partial charge in [-0.05, 0) is 31.1 Å². The van der Waals surface area contributed by atoms with Gasteiger partial charge >= 0.3 is 8.56 Å². The van der Waals surface area contributed by atoms with Crippen LogP contribution in [0.5, 0.6) is 0 Å². The van der Waals surface area contributed by atoms with Crippen molar-refractivity contribution in [2.24, 2.45) is 0 Å². The van der Waals surface area contributed by atoms with Crippen molar-refractivity contribution in [3.8, 4) is 0 Å². The minimum absolute atomic E-state index is 0.0220. The Morgan fingerprint density at radius 2 is 1.94 bits per heavy atom. The number of aromatic amines is 1. The molecule has 2 aromatic rings. The van der Waals surface area contributed by atoms with E-state index in [-0.39, 0.29) is 40.5 Å². The maximum atomic E-state index is 12.1. The Bertz CT molecular complexity index is 1020. The number of nitrogens with zero attached hydrogens (tertiary/aromatic N) is 3. The SMILES string of the molecule is CC(C)OC[C@H]1O[C@@H](n2cnc3c(=O)[nH]cnc32)C[C@H]1O[Si](O)(C(C)C)C(C)CC(C)SC(C)C. The third-order valence-corrected chi connectivity index (χ3v) is 11.7. The van der Waals surface area contributed by atoms with Crippen LogP contribution in [0.2, 0.25) is 11.1 Å². The third kappa shape index (κ3) is 6.75.